The van der Waals surface area contributed by atoms with Crippen LogP contribution in [0.3, 0.4) is 0 Å². The lowest BCUT2D eigenvalue weighted by Crippen LogP contribution is -2.14. The second-order valence-corrected chi connectivity index (χ2v) is 6.02. The van der Waals surface area contributed by atoms with Gasteiger partial charge in [-0.3, -0.25) is 20.2 Å². The van der Waals surface area contributed by atoms with E-state index < -0.39 is 26.2 Å². The molecule has 0 aliphatic carbocycles. The normalized spacial score (nSPS) is 10.3. The Bertz CT molecular complexity index is 949. The fraction of sp³-hybridized carbons (Fsp3) is 0. The molecule has 0 fully saturated rings. The van der Waals surface area contributed by atoms with E-state index in [0.29, 0.717) is 11.2 Å². The number of benzene rings is 2. The number of anilines is 2. The first-order valence-electron chi connectivity index (χ1n) is 6.75. The van der Waals surface area contributed by atoms with Crippen molar-refractivity contribution in [3.05, 3.63) is 77.9 Å². The average molecular weight is 416 g/mol. The third-order valence-electron chi connectivity index (χ3n) is 3.36. The van der Waals surface area contributed by atoms with Gasteiger partial charge in [0.2, 0.25) is 0 Å². The van der Waals surface area contributed by atoms with Crippen molar-refractivity contribution in [2.24, 2.45) is 0 Å². The monoisotopic (exact) mass is 414 g/mol. The number of nitro benzene ring substituents is 2. The van der Waals surface area contributed by atoms with Crippen LogP contribution in [-0.2, 0) is 0 Å². The molecular weight excluding hydrogens is 407 g/mol. The summed E-state index contributed by atoms with van der Waals surface area (Å²) in [7, 11) is 0. The topological polar surface area (TPSA) is 113 Å². The van der Waals surface area contributed by atoms with Gasteiger partial charge in [0, 0.05) is 23.0 Å². The lowest BCUT2D eigenvalue weighted by Gasteiger charge is -2.23. The molecule has 0 saturated carbocycles. The van der Waals surface area contributed by atoms with Crippen LogP contribution in [0.5, 0.6) is 0 Å². The van der Waals surface area contributed by atoms with Crippen molar-refractivity contribution >= 4 is 63.8 Å². The third-order valence-corrected chi connectivity index (χ3v) is 4.30. The minimum absolute atomic E-state index is 0.150. The molecule has 8 nitrogen and oxygen atoms in total. The van der Waals surface area contributed by atoms with Gasteiger partial charge in [-0.2, -0.15) is 0 Å². The molecule has 0 amide bonds. The molecule has 0 aromatic heterocycles. The summed E-state index contributed by atoms with van der Waals surface area (Å²) in [6.45, 7) is 3.60. The van der Waals surface area contributed by atoms with Gasteiger partial charge >= 0.3 is 5.69 Å². The Morgan fingerprint density at radius 1 is 1.08 bits per heavy atom. The molecule has 1 N–H and O–H groups in total. The summed E-state index contributed by atoms with van der Waals surface area (Å²) in [5.74, 6) is 0. The Hall–Kier alpha value is -2.68. The Morgan fingerprint density at radius 3 is 2.15 bits per heavy atom. The van der Waals surface area contributed by atoms with Gasteiger partial charge < -0.3 is 10.3 Å². The van der Waals surface area contributed by atoms with E-state index in [0.717, 1.165) is 6.07 Å². The van der Waals surface area contributed by atoms with Crippen LogP contribution in [0, 0.1) is 25.6 Å². The van der Waals surface area contributed by atoms with E-state index in [1.54, 1.807) is 0 Å². The van der Waals surface area contributed by atoms with E-state index in [1.165, 1.54) is 29.3 Å². The number of hydrogen-bond donors (Lipinski definition) is 1. The van der Waals surface area contributed by atoms with Crippen molar-refractivity contribution in [2.75, 3.05) is 4.90 Å². The Labute approximate surface area is 162 Å². The summed E-state index contributed by atoms with van der Waals surface area (Å²) in [5.41, 5.74) is -1.46. The highest BCUT2D eigenvalue weighted by molar-refractivity contribution is 6.37. The maximum absolute atomic E-state index is 11.5. The number of halogens is 3. The molecule has 134 valence electrons. The van der Waals surface area contributed by atoms with E-state index in [-0.39, 0.29) is 22.0 Å². The molecule has 0 aliphatic rings. The van der Waals surface area contributed by atoms with Gasteiger partial charge in [-0.25, -0.2) is 0 Å². The van der Waals surface area contributed by atoms with E-state index >= 15 is 0 Å². The second kappa shape index (κ2) is 7.69. The lowest BCUT2D eigenvalue weighted by molar-refractivity contribution is -0.393. The second-order valence-electron chi connectivity index (χ2n) is 4.80. The summed E-state index contributed by atoms with van der Waals surface area (Å²) in [6.07, 6.45) is 1.91. The van der Waals surface area contributed by atoms with Gasteiger partial charge in [0.1, 0.15) is 10.7 Å². The highest BCUT2D eigenvalue weighted by Gasteiger charge is 2.32. The van der Waals surface area contributed by atoms with E-state index in [4.69, 9.17) is 40.2 Å². The van der Waals surface area contributed by atoms with E-state index in [2.05, 4.69) is 6.58 Å². The first-order chi connectivity index (χ1) is 12.2. The molecule has 0 spiro atoms. The maximum atomic E-state index is 11.5. The number of nitro groups is 2. The third kappa shape index (κ3) is 3.48. The van der Waals surface area contributed by atoms with Gasteiger partial charge in [-0.1, -0.05) is 41.4 Å². The molecule has 11 heteroatoms. The molecule has 26 heavy (non-hydrogen) atoms. The van der Waals surface area contributed by atoms with E-state index in [1.807, 2.05) is 0 Å². The number of rotatable bonds is 6. The van der Waals surface area contributed by atoms with Gasteiger partial charge in [0.05, 0.1) is 26.6 Å². The fourth-order valence-electron chi connectivity index (χ4n) is 2.28. The zero-order valence-corrected chi connectivity index (χ0v) is 15.0. The zero-order valence-electron chi connectivity index (χ0n) is 12.8. The molecule has 0 atom stereocenters. The molecule has 0 bridgehead atoms. The van der Waals surface area contributed by atoms with Crippen LogP contribution < -0.4 is 4.90 Å². The molecule has 2 rings (SSSR count). The standard InChI is InChI=1S/C15H9Cl3N4O4/c1-2-20(11-4-3-8(16)5-10(11)17)15-9(7-19)14(18)12(21(23)24)6-13(15)22(25)26/h2-7,19H,1H2. The Balaban J connectivity index is 2.90. The molecule has 0 saturated heterocycles. The maximum Gasteiger partial charge on any atom is 0.300 e. The van der Waals surface area contributed by atoms with Crippen molar-refractivity contribution in [3.63, 3.8) is 0 Å². The quantitative estimate of drug-likeness (QED) is 0.367. The summed E-state index contributed by atoms with van der Waals surface area (Å²) in [4.78, 5) is 22.2. The average Bonchev–Trinajstić information content (AvgIpc) is 2.56. The molecule has 0 unspecified atom stereocenters. The smallest absolute Gasteiger partial charge is 0.300 e. The Kier molecular flexibility index (Phi) is 5.81. The lowest BCUT2D eigenvalue weighted by atomic mass is 10.1. The molecular formula is C15H9Cl3N4O4. The summed E-state index contributed by atoms with van der Waals surface area (Å²) < 4.78 is 0. The highest BCUT2D eigenvalue weighted by Crippen LogP contribution is 2.45. The van der Waals surface area contributed by atoms with Gasteiger partial charge in [0.25, 0.3) is 5.69 Å². The minimum atomic E-state index is -0.861. The van der Waals surface area contributed by atoms with Crippen molar-refractivity contribution < 1.29 is 9.85 Å². The van der Waals surface area contributed by atoms with Crippen molar-refractivity contribution in [1.82, 2.24) is 0 Å². The van der Waals surface area contributed by atoms with E-state index in [9.17, 15) is 20.2 Å². The van der Waals surface area contributed by atoms with Gasteiger partial charge in [-0.05, 0) is 18.2 Å². The molecule has 0 radical (unpaired) electrons. The largest absolute Gasteiger partial charge is 0.310 e. The predicted octanol–water partition coefficient (Wildman–Crippen LogP) is 5.74. The minimum Gasteiger partial charge on any atom is -0.310 e. The van der Waals surface area contributed by atoms with Crippen LogP contribution in [0.4, 0.5) is 22.7 Å². The number of nitrogens with zero attached hydrogens (tertiary/aromatic N) is 3. The van der Waals surface area contributed by atoms with Gasteiger partial charge in [-0.15, -0.1) is 0 Å². The molecule has 0 aliphatic heterocycles. The van der Waals surface area contributed by atoms with Crippen molar-refractivity contribution in [1.29, 1.82) is 5.41 Å². The first kappa shape index (κ1) is 19.6. The van der Waals surface area contributed by atoms with Crippen LogP contribution in [-0.4, -0.2) is 16.1 Å². The van der Waals surface area contributed by atoms with Crippen molar-refractivity contribution in [2.45, 2.75) is 0 Å². The van der Waals surface area contributed by atoms with Crippen LogP contribution >= 0.6 is 34.8 Å². The zero-order chi connectivity index (χ0) is 19.6. The Morgan fingerprint density at radius 2 is 1.69 bits per heavy atom. The summed E-state index contributed by atoms with van der Waals surface area (Å²) in [6, 6.07) is 5.13. The molecule has 2 aromatic rings. The van der Waals surface area contributed by atoms with Crippen LogP contribution in [0.15, 0.2) is 37.0 Å². The fourth-order valence-corrected chi connectivity index (χ4v) is 3.05. The molecule has 0 heterocycles. The van der Waals surface area contributed by atoms with Crippen LogP contribution in [0.2, 0.25) is 15.1 Å². The van der Waals surface area contributed by atoms with Gasteiger partial charge in [0.15, 0.2) is 0 Å². The summed E-state index contributed by atoms with van der Waals surface area (Å²) in [5, 5.41) is 30.3. The first-order valence-corrected chi connectivity index (χ1v) is 7.88. The number of nitrogens with one attached hydrogen (secondary N) is 1. The van der Waals surface area contributed by atoms with Crippen LogP contribution in [0.25, 0.3) is 0 Å². The summed E-state index contributed by atoms with van der Waals surface area (Å²) >= 11 is 18.0. The molecule has 2 aromatic carbocycles. The van der Waals surface area contributed by atoms with Crippen LogP contribution in [0.1, 0.15) is 5.56 Å². The van der Waals surface area contributed by atoms with Crippen molar-refractivity contribution in [3.8, 4) is 0 Å². The SMILES string of the molecule is C=CN(c1ccc(Cl)cc1Cl)c1c([N+](=O)[O-])cc([N+](=O)[O-])c(Cl)c1C=N. The predicted molar refractivity (Wildman–Crippen MR) is 101 cm³/mol. The highest BCUT2D eigenvalue weighted by atomic mass is 35.5. The number of hydrogen-bond acceptors (Lipinski definition) is 6.